The number of hydrogen-bond donors (Lipinski definition) is 3. The van der Waals surface area contributed by atoms with Crippen LogP contribution in [0.2, 0.25) is 0 Å². The van der Waals surface area contributed by atoms with Crippen molar-refractivity contribution in [1.82, 2.24) is 10.6 Å². The molecule has 1 heterocycles. The maximum Gasteiger partial charge on any atom is 0.233 e. The molecule has 2 aliphatic rings. The molecule has 0 spiro atoms. The summed E-state index contributed by atoms with van der Waals surface area (Å²) >= 11 is 0. The molecule has 1 amide bonds. The van der Waals surface area contributed by atoms with Gasteiger partial charge in [-0.3, -0.25) is 4.79 Å². The molecule has 1 aliphatic heterocycles. The van der Waals surface area contributed by atoms with E-state index in [9.17, 15) is 4.79 Å². The lowest BCUT2D eigenvalue weighted by molar-refractivity contribution is -0.119. The molecule has 4 N–H and O–H groups in total. The van der Waals surface area contributed by atoms with Gasteiger partial charge in [-0.05, 0) is 44.2 Å². The molecule has 80 valence electrons. The van der Waals surface area contributed by atoms with Crippen molar-refractivity contribution in [3.05, 3.63) is 0 Å². The van der Waals surface area contributed by atoms with Crippen LogP contribution in [0.25, 0.3) is 0 Å². The first-order valence-electron chi connectivity index (χ1n) is 5.51. The Kier molecular flexibility index (Phi) is 3.03. The van der Waals surface area contributed by atoms with Gasteiger partial charge in [0.2, 0.25) is 5.91 Å². The number of carbonyl (C=O) groups is 1. The molecule has 2 fully saturated rings. The molecule has 0 unspecified atom stereocenters. The van der Waals surface area contributed by atoms with Gasteiger partial charge < -0.3 is 16.4 Å². The van der Waals surface area contributed by atoms with Gasteiger partial charge in [0.1, 0.15) is 0 Å². The first kappa shape index (κ1) is 9.93. The molecule has 4 nitrogen and oxygen atoms in total. The first-order valence-corrected chi connectivity index (χ1v) is 5.51. The predicted molar refractivity (Wildman–Crippen MR) is 54.7 cm³/mol. The fraction of sp³-hybridized carbons (Fsp3) is 0.900. The Morgan fingerprint density at radius 3 is 2.79 bits per heavy atom. The van der Waals surface area contributed by atoms with Crippen LogP contribution in [0.3, 0.4) is 0 Å². The minimum atomic E-state index is -0.00793. The number of nitrogens with two attached hydrogens (primary N) is 1. The van der Waals surface area contributed by atoms with Crippen LogP contribution >= 0.6 is 0 Å². The van der Waals surface area contributed by atoms with E-state index in [1.165, 1.54) is 12.8 Å². The molecule has 1 saturated carbocycles. The Morgan fingerprint density at radius 2 is 2.14 bits per heavy atom. The van der Waals surface area contributed by atoms with E-state index in [0.717, 1.165) is 31.3 Å². The van der Waals surface area contributed by atoms with Crippen molar-refractivity contribution in [2.75, 3.05) is 19.6 Å². The third-order valence-electron chi connectivity index (χ3n) is 3.36. The molecule has 1 saturated heterocycles. The Hall–Kier alpha value is -0.610. The maximum atomic E-state index is 11.0. The zero-order valence-corrected chi connectivity index (χ0v) is 8.46. The molecule has 1 aliphatic carbocycles. The molecule has 0 bridgehead atoms. The number of rotatable bonds is 3. The van der Waals surface area contributed by atoms with Gasteiger partial charge in [0, 0.05) is 6.04 Å². The third-order valence-corrected chi connectivity index (χ3v) is 3.36. The summed E-state index contributed by atoms with van der Waals surface area (Å²) in [7, 11) is 0. The van der Waals surface area contributed by atoms with Crippen LogP contribution in [0.15, 0.2) is 0 Å². The summed E-state index contributed by atoms with van der Waals surface area (Å²) in [4.78, 5) is 11.0. The van der Waals surface area contributed by atoms with E-state index < -0.39 is 0 Å². The van der Waals surface area contributed by atoms with Crippen molar-refractivity contribution >= 4 is 5.91 Å². The average molecular weight is 197 g/mol. The molecule has 0 radical (unpaired) electrons. The molecular formula is C10H19N3O. The van der Waals surface area contributed by atoms with E-state index in [1.54, 1.807) is 0 Å². The standard InChI is InChI=1S/C10H19N3O/c11-6-10(14)13-9-5-8(9)7-1-3-12-4-2-7/h7-9,12H,1-6,11H2,(H,13,14)/t8-,9+/m0/s1. The monoisotopic (exact) mass is 197 g/mol. The zero-order valence-electron chi connectivity index (χ0n) is 8.46. The van der Waals surface area contributed by atoms with Gasteiger partial charge in [-0.2, -0.15) is 0 Å². The van der Waals surface area contributed by atoms with E-state index in [-0.39, 0.29) is 12.5 Å². The highest BCUT2D eigenvalue weighted by Crippen LogP contribution is 2.41. The van der Waals surface area contributed by atoms with E-state index in [0.29, 0.717) is 6.04 Å². The van der Waals surface area contributed by atoms with E-state index >= 15 is 0 Å². The van der Waals surface area contributed by atoms with E-state index in [4.69, 9.17) is 5.73 Å². The highest BCUT2D eigenvalue weighted by atomic mass is 16.1. The lowest BCUT2D eigenvalue weighted by atomic mass is 9.93. The van der Waals surface area contributed by atoms with Gasteiger partial charge in [0.15, 0.2) is 0 Å². The topological polar surface area (TPSA) is 67.2 Å². The van der Waals surface area contributed by atoms with Crippen LogP contribution < -0.4 is 16.4 Å². The van der Waals surface area contributed by atoms with E-state index in [1.807, 2.05) is 0 Å². The summed E-state index contributed by atoms with van der Waals surface area (Å²) in [5.74, 6) is 1.54. The number of amides is 1. The Balaban J connectivity index is 1.72. The number of piperidine rings is 1. The Labute approximate surface area is 84.6 Å². The van der Waals surface area contributed by atoms with Crippen molar-refractivity contribution in [2.45, 2.75) is 25.3 Å². The second-order valence-electron chi connectivity index (χ2n) is 4.37. The molecule has 2 atom stereocenters. The SMILES string of the molecule is NCC(=O)N[C@@H]1C[C@H]1C1CCNCC1. The smallest absolute Gasteiger partial charge is 0.233 e. The lowest BCUT2D eigenvalue weighted by Gasteiger charge is -2.22. The minimum Gasteiger partial charge on any atom is -0.352 e. The van der Waals surface area contributed by atoms with Crippen molar-refractivity contribution in [3.8, 4) is 0 Å². The van der Waals surface area contributed by atoms with E-state index in [2.05, 4.69) is 10.6 Å². The van der Waals surface area contributed by atoms with Crippen LogP contribution in [0, 0.1) is 11.8 Å². The normalized spacial score (nSPS) is 32.6. The van der Waals surface area contributed by atoms with Crippen LogP contribution in [0.5, 0.6) is 0 Å². The third kappa shape index (κ3) is 2.25. The van der Waals surface area contributed by atoms with Gasteiger partial charge in [-0.25, -0.2) is 0 Å². The second kappa shape index (κ2) is 4.28. The molecule has 14 heavy (non-hydrogen) atoms. The molecule has 0 aromatic carbocycles. The Morgan fingerprint density at radius 1 is 1.43 bits per heavy atom. The molecule has 4 heteroatoms. The molecular weight excluding hydrogens is 178 g/mol. The number of carbonyl (C=O) groups excluding carboxylic acids is 1. The summed E-state index contributed by atoms with van der Waals surface area (Å²) < 4.78 is 0. The fourth-order valence-corrected chi connectivity index (χ4v) is 2.44. The van der Waals surface area contributed by atoms with Crippen molar-refractivity contribution < 1.29 is 4.79 Å². The maximum absolute atomic E-state index is 11.0. The van der Waals surface area contributed by atoms with Gasteiger partial charge in [-0.1, -0.05) is 0 Å². The van der Waals surface area contributed by atoms with Gasteiger partial charge in [0.05, 0.1) is 6.54 Å². The number of hydrogen-bond acceptors (Lipinski definition) is 3. The second-order valence-corrected chi connectivity index (χ2v) is 4.37. The summed E-state index contributed by atoms with van der Waals surface area (Å²) in [5, 5.41) is 6.32. The first-order chi connectivity index (χ1) is 6.81. The van der Waals surface area contributed by atoms with Crippen LogP contribution in [-0.2, 0) is 4.79 Å². The lowest BCUT2D eigenvalue weighted by Crippen LogP contribution is -2.35. The van der Waals surface area contributed by atoms with Crippen molar-refractivity contribution in [2.24, 2.45) is 17.6 Å². The fourth-order valence-electron chi connectivity index (χ4n) is 2.44. The molecule has 2 rings (SSSR count). The summed E-state index contributed by atoms with van der Waals surface area (Å²) in [6.07, 6.45) is 3.69. The average Bonchev–Trinajstić information content (AvgIpc) is 2.98. The predicted octanol–water partition coefficient (Wildman–Crippen LogP) is -0.551. The highest BCUT2D eigenvalue weighted by molar-refractivity contribution is 5.78. The largest absolute Gasteiger partial charge is 0.352 e. The van der Waals surface area contributed by atoms with Crippen LogP contribution in [-0.4, -0.2) is 31.6 Å². The van der Waals surface area contributed by atoms with Crippen LogP contribution in [0.4, 0.5) is 0 Å². The van der Waals surface area contributed by atoms with Gasteiger partial charge in [-0.15, -0.1) is 0 Å². The number of nitrogens with one attached hydrogen (secondary N) is 2. The van der Waals surface area contributed by atoms with Gasteiger partial charge in [0.25, 0.3) is 0 Å². The van der Waals surface area contributed by atoms with Crippen molar-refractivity contribution in [1.29, 1.82) is 0 Å². The highest BCUT2D eigenvalue weighted by Gasteiger charge is 2.43. The van der Waals surface area contributed by atoms with Crippen molar-refractivity contribution in [3.63, 3.8) is 0 Å². The molecule has 0 aromatic rings. The van der Waals surface area contributed by atoms with Gasteiger partial charge >= 0.3 is 0 Å². The zero-order chi connectivity index (χ0) is 9.97. The Bertz CT molecular complexity index is 213. The molecule has 0 aromatic heterocycles. The summed E-state index contributed by atoms with van der Waals surface area (Å²) in [6, 6.07) is 0.425. The van der Waals surface area contributed by atoms with Crippen LogP contribution in [0.1, 0.15) is 19.3 Å². The summed E-state index contributed by atoms with van der Waals surface area (Å²) in [6.45, 7) is 2.40. The minimum absolute atomic E-state index is 0.00793. The summed E-state index contributed by atoms with van der Waals surface area (Å²) in [5.41, 5.74) is 5.25. The quantitative estimate of drug-likeness (QED) is 0.568.